The van der Waals surface area contributed by atoms with Crippen LogP contribution in [0.3, 0.4) is 0 Å². The van der Waals surface area contributed by atoms with E-state index in [1.807, 2.05) is 13.8 Å². The van der Waals surface area contributed by atoms with Crippen LogP contribution in [0.5, 0.6) is 0 Å². The van der Waals surface area contributed by atoms with E-state index >= 15 is 0 Å². The SMILES string of the molecule is CC(=O)OCC(C)(C)C(Cl)CCC=O. The number of hydrogen-bond acceptors (Lipinski definition) is 3. The average Bonchev–Trinajstić information content (AvgIpc) is 2.11. The molecule has 0 aromatic carbocycles. The zero-order chi connectivity index (χ0) is 11.2. The van der Waals surface area contributed by atoms with Crippen molar-refractivity contribution in [3.8, 4) is 0 Å². The van der Waals surface area contributed by atoms with E-state index < -0.39 is 0 Å². The van der Waals surface area contributed by atoms with Crippen LogP contribution in [0.25, 0.3) is 0 Å². The van der Waals surface area contributed by atoms with Gasteiger partial charge in [-0.15, -0.1) is 11.6 Å². The molecule has 0 spiro atoms. The average molecular weight is 221 g/mol. The Labute approximate surface area is 89.8 Å². The monoisotopic (exact) mass is 220 g/mol. The first-order chi connectivity index (χ1) is 6.40. The van der Waals surface area contributed by atoms with E-state index in [0.29, 0.717) is 12.8 Å². The molecular formula is C10H17ClO3. The third kappa shape index (κ3) is 5.22. The fourth-order valence-corrected chi connectivity index (χ4v) is 1.17. The third-order valence-electron chi connectivity index (χ3n) is 2.03. The minimum absolute atomic E-state index is 0.160. The lowest BCUT2D eigenvalue weighted by molar-refractivity contribution is -0.144. The van der Waals surface area contributed by atoms with Crippen LogP contribution in [-0.4, -0.2) is 24.2 Å². The zero-order valence-corrected chi connectivity index (χ0v) is 9.63. The fraction of sp³-hybridized carbons (Fsp3) is 0.800. The molecule has 14 heavy (non-hydrogen) atoms. The molecule has 0 aliphatic rings. The van der Waals surface area contributed by atoms with Crippen LogP contribution in [-0.2, 0) is 14.3 Å². The predicted molar refractivity (Wildman–Crippen MR) is 55.4 cm³/mol. The lowest BCUT2D eigenvalue weighted by Crippen LogP contribution is -2.31. The van der Waals surface area contributed by atoms with Crippen molar-refractivity contribution in [2.75, 3.05) is 6.61 Å². The number of carbonyl (C=O) groups excluding carboxylic acids is 2. The van der Waals surface area contributed by atoms with Crippen LogP contribution in [0.1, 0.15) is 33.6 Å². The Kier molecular flexibility index (Phi) is 5.77. The topological polar surface area (TPSA) is 43.4 Å². The van der Waals surface area contributed by atoms with Gasteiger partial charge in [-0.3, -0.25) is 4.79 Å². The van der Waals surface area contributed by atoms with E-state index in [4.69, 9.17) is 16.3 Å². The molecule has 0 fully saturated rings. The number of hydrogen-bond donors (Lipinski definition) is 0. The summed E-state index contributed by atoms with van der Waals surface area (Å²) in [6.07, 6.45) is 1.90. The molecule has 0 amide bonds. The lowest BCUT2D eigenvalue weighted by atomic mass is 9.87. The maximum Gasteiger partial charge on any atom is 0.302 e. The molecule has 3 nitrogen and oxygen atoms in total. The van der Waals surface area contributed by atoms with Crippen molar-refractivity contribution in [3.05, 3.63) is 0 Å². The highest BCUT2D eigenvalue weighted by atomic mass is 35.5. The van der Waals surface area contributed by atoms with Gasteiger partial charge < -0.3 is 9.53 Å². The molecule has 1 atom stereocenters. The molecule has 4 heteroatoms. The van der Waals surface area contributed by atoms with Gasteiger partial charge in [0.25, 0.3) is 0 Å². The molecule has 0 N–H and O–H groups in total. The second-order valence-corrected chi connectivity index (χ2v) is 4.51. The van der Waals surface area contributed by atoms with Crippen LogP contribution in [0, 0.1) is 5.41 Å². The Morgan fingerprint density at radius 1 is 1.57 bits per heavy atom. The van der Waals surface area contributed by atoms with E-state index in [9.17, 15) is 9.59 Å². The fourth-order valence-electron chi connectivity index (χ4n) is 0.983. The molecule has 0 aliphatic carbocycles. The highest BCUT2D eigenvalue weighted by Gasteiger charge is 2.28. The minimum atomic E-state index is -0.308. The maximum absolute atomic E-state index is 10.6. The van der Waals surface area contributed by atoms with Crippen LogP contribution in [0.2, 0.25) is 0 Å². The van der Waals surface area contributed by atoms with E-state index in [1.165, 1.54) is 6.92 Å². The summed E-state index contributed by atoms with van der Waals surface area (Å²) in [7, 11) is 0. The van der Waals surface area contributed by atoms with Crippen molar-refractivity contribution in [3.63, 3.8) is 0 Å². The molecule has 0 rings (SSSR count). The molecule has 0 aromatic rings. The van der Waals surface area contributed by atoms with Gasteiger partial charge in [-0.25, -0.2) is 0 Å². The number of esters is 1. The van der Waals surface area contributed by atoms with Gasteiger partial charge in [0.1, 0.15) is 6.29 Å². The summed E-state index contributed by atoms with van der Waals surface area (Å²) in [5.41, 5.74) is -0.295. The number of aldehydes is 1. The highest BCUT2D eigenvalue weighted by molar-refractivity contribution is 6.21. The van der Waals surface area contributed by atoms with Gasteiger partial charge >= 0.3 is 5.97 Å². The van der Waals surface area contributed by atoms with Crippen LogP contribution < -0.4 is 0 Å². The minimum Gasteiger partial charge on any atom is -0.465 e. The molecule has 82 valence electrons. The van der Waals surface area contributed by atoms with E-state index in [1.54, 1.807) is 0 Å². The first kappa shape index (κ1) is 13.4. The molecule has 0 bridgehead atoms. The maximum atomic E-state index is 10.6. The van der Waals surface area contributed by atoms with Gasteiger partial charge in [-0.1, -0.05) is 13.8 Å². The quantitative estimate of drug-likeness (QED) is 0.392. The Balaban J connectivity index is 4.00. The Morgan fingerprint density at radius 2 is 2.14 bits per heavy atom. The van der Waals surface area contributed by atoms with Gasteiger partial charge in [-0.2, -0.15) is 0 Å². The zero-order valence-electron chi connectivity index (χ0n) is 8.88. The number of rotatable bonds is 6. The van der Waals surface area contributed by atoms with Crippen molar-refractivity contribution >= 4 is 23.9 Å². The van der Waals surface area contributed by atoms with Gasteiger partial charge in [0.15, 0.2) is 0 Å². The molecule has 0 aromatic heterocycles. The largest absolute Gasteiger partial charge is 0.465 e. The molecule has 0 aliphatic heterocycles. The van der Waals surface area contributed by atoms with Crippen LogP contribution in [0.4, 0.5) is 0 Å². The first-order valence-electron chi connectivity index (χ1n) is 4.61. The Morgan fingerprint density at radius 3 is 2.57 bits per heavy atom. The highest BCUT2D eigenvalue weighted by Crippen LogP contribution is 2.29. The molecule has 0 saturated carbocycles. The third-order valence-corrected chi connectivity index (χ3v) is 2.84. The molecule has 1 unspecified atom stereocenters. The molecule has 0 radical (unpaired) electrons. The number of alkyl halides is 1. The van der Waals surface area contributed by atoms with Crippen LogP contribution >= 0.6 is 11.6 Å². The first-order valence-corrected chi connectivity index (χ1v) is 5.05. The van der Waals surface area contributed by atoms with Crippen molar-refractivity contribution in [2.24, 2.45) is 5.41 Å². The number of halogens is 1. The summed E-state index contributed by atoms with van der Waals surface area (Å²) in [5.74, 6) is -0.308. The Hall–Kier alpha value is -0.570. The van der Waals surface area contributed by atoms with E-state index in [0.717, 1.165) is 6.29 Å². The van der Waals surface area contributed by atoms with Crippen molar-refractivity contribution in [2.45, 2.75) is 39.0 Å². The van der Waals surface area contributed by atoms with Crippen molar-refractivity contribution in [1.82, 2.24) is 0 Å². The summed E-state index contributed by atoms with van der Waals surface area (Å²) in [6.45, 7) is 5.48. The normalized spacial score (nSPS) is 13.4. The predicted octanol–water partition coefficient (Wildman–Crippen LogP) is 2.16. The Bertz CT molecular complexity index is 202. The summed E-state index contributed by atoms with van der Waals surface area (Å²) >= 11 is 6.08. The van der Waals surface area contributed by atoms with E-state index in [-0.39, 0.29) is 23.4 Å². The van der Waals surface area contributed by atoms with Crippen molar-refractivity contribution < 1.29 is 14.3 Å². The van der Waals surface area contributed by atoms with Gasteiger partial charge in [0.2, 0.25) is 0 Å². The van der Waals surface area contributed by atoms with Gasteiger partial charge in [0.05, 0.1) is 6.61 Å². The number of ether oxygens (including phenoxy) is 1. The second-order valence-electron chi connectivity index (χ2n) is 3.98. The summed E-state index contributed by atoms with van der Waals surface area (Å²) < 4.78 is 4.90. The lowest BCUT2D eigenvalue weighted by Gasteiger charge is -2.28. The van der Waals surface area contributed by atoms with Gasteiger partial charge in [-0.05, 0) is 6.42 Å². The summed E-state index contributed by atoms with van der Waals surface area (Å²) in [6, 6.07) is 0. The van der Waals surface area contributed by atoms with Crippen molar-refractivity contribution in [1.29, 1.82) is 0 Å². The molecule has 0 saturated heterocycles. The summed E-state index contributed by atoms with van der Waals surface area (Å²) in [4.78, 5) is 20.8. The smallest absolute Gasteiger partial charge is 0.302 e. The molecule has 0 heterocycles. The number of carbonyl (C=O) groups is 2. The van der Waals surface area contributed by atoms with Crippen LogP contribution in [0.15, 0.2) is 0 Å². The van der Waals surface area contributed by atoms with E-state index in [2.05, 4.69) is 0 Å². The standard InChI is InChI=1S/C10H17ClO3/c1-8(13)14-7-10(2,3)9(11)5-4-6-12/h6,9H,4-5,7H2,1-3H3. The molecular weight excluding hydrogens is 204 g/mol. The summed E-state index contributed by atoms with van der Waals surface area (Å²) in [5, 5.41) is -0.160. The van der Waals surface area contributed by atoms with Gasteiger partial charge in [0, 0.05) is 24.1 Å². The second kappa shape index (κ2) is 6.02.